The van der Waals surface area contributed by atoms with E-state index in [0.717, 1.165) is 62.9 Å². The minimum absolute atomic E-state index is 0.382. The van der Waals surface area contributed by atoms with Crippen molar-refractivity contribution in [3.63, 3.8) is 0 Å². The number of rotatable bonds is 8. The summed E-state index contributed by atoms with van der Waals surface area (Å²) in [5, 5.41) is 6.74. The van der Waals surface area contributed by atoms with Gasteiger partial charge in [0.05, 0.1) is 11.4 Å². The smallest absolute Gasteiger partial charge is 0.191 e. The molecule has 164 valence electrons. The molecule has 1 saturated heterocycles. The summed E-state index contributed by atoms with van der Waals surface area (Å²) in [5.74, 6) is 1.32. The number of aryl methyl sites for hydroxylation is 1. The van der Waals surface area contributed by atoms with E-state index in [9.17, 15) is 8.42 Å². The molecule has 1 aromatic rings. The van der Waals surface area contributed by atoms with Crippen LogP contribution in [0.1, 0.15) is 25.0 Å². The topological polar surface area (TPSA) is 77.0 Å². The van der Waals surface area contributed by atoms with Crippen LogP contribution in [0.2, 0.25) is 0 Å². The Morgan fingerprint density at radius 2 is 1.90 bits per heavy atom. The zero-order valence-corrected chi connectivity index (χ0v) is 19.3. The third-order valence-corrected chi connectivity index (χ3v) is 6.44. The lowest BCUT2D eigenvalue weighted by atomic mass is 10.1. The van der Waals surface area contributed by atoms with Crippen LogP contribution in [0.25, 0.3) is 0 Å². The van der Waals surface area contributed by atoms with Crippen molar-refractivity contribution in [3.8, 4) is 0 Å². The summed E-state index contributed by atoms with van der Waals surface area (Å²) in [5.41, 5.74) is 1.76. The highest BCUT2D eigenvalue weighted by molar-refractivity contribution is 7.90. The van der Waals surface area contributed by atoms with Crippen molar-refractivity contribution >= 4 is 15.8 Å². The molecule has 1 fully saturated rings. The molecule has 1 aliphatic heterocycles. The van der Waals surface area contributed by atoms with Gasteiger partial charge in [-0.1, -0.05) is 19.1 Å². The molecule has 2 N–H and O–H groups in total. The molecule has 0 spiro atoms. The van der Waals surface area contributed by atoms with Crippen LogP contribution in [0, 0.1) is 12.8 Å². The maximum absolute atomic E-state index is 11.8. The molecule has 1 atom stereocenters. The first kappa shape index (κ1) is 23.6. The zero-order chi connectivity index (χ0) is 21.4. The molecule has 1 unspecified atom stereocenters. The number of nitrogens with zero attached hydrogens (tertiary/aromatic N) is 3. The fourth-order valence-electron chi connectivity index (χ4n) is 3.54. The van der Waals surface area contributed by atoms with Crippen molar-refractivity contribution in [2.75, 3.05) is 59.1 Å². The van der Waals surface area contributed by atoms with E-state index in [1.807, 2.05) is 19.1 Å². The Balaban J connectivity index is 1.89. The minimum atomic E-state index is -3.19. The maximum atomic E-state index is 11.8. The number of aliphatic imine (C=N–C) groups is 1. The molecule has 1 aromatic carbocycles. The second kappa shape index (κ2) is 10.9. The SMILES string of the molecule is CCNC(=NCc1ccc(S(C)(=O)=O)c(C)c1)NCC(C)CN1CCN(C)CC1. The predicted molar refractivity (Wildman–Crippen MR) is 120 cm³/mol. The number of hydrogen-bond acceptors (Lipinski definition) is 5. The molecular weight excluding hydrogens is 386 g/mol. The lowest BCUT2D eigenvalue weighted by Gasteiger charge is -2.34. The first-order valence-corrected chi connectivity index (χ1v) is 12.3. The van der Waals surface area contributed by atoms with E-state index < -0.39 is 9.84 Å². The van der Waals surface area contributed by atoms with Crippen molar-refractivity contribution < 1.29 is 8.42 Å². The molecule has 0 saturated carbocycles. The van der Waals surface area contributed by atoms with Crippen molar-refractivity contribution in [3.05, 3.63) is 29.3 Å². The summed E-state index contributed by atoms with van der Waals surface area (Å²) in [4.78, 5) is 9.96. The van der Waals surface area contributed by atoms with Crippen LogP contribution in [0.3, 0.4) is 0 Å². The Morgan fingerprint density at radius 3 is 2.48 bits per heavy atom. The van der Waals surface area contributed by atoms with Gasteiger partial charge in [-0.15, -0.1) is 0 Å². The Morgan fingerprint density at radius 1 is 1.21 bits per heavy atom. The molecular formula is C21H37N5O2S. The second-order valence-corrected chi connectivity index (χ2v) is 10.1. The van der Waals surface area contributed by atoms with Gasteiger partial charge in [0.1, 0.15) is 0 Å². The average Bonchev–Trinajstić information content (AvgIpc) is 2.65. The molecule has 7 nitrogen and oxygen atoms in total. The number of guanidine groups is 1. The van der Waals surface area contributed by atoms with Crippen LogP contribution in [-0.4, -0.2) is 83.3 Å². The van der Waals surface area contributed by atoms with Crippen molar-refractivity contribution in [1.29, 1.82) is 0 Å². The number of benzene rings is 1. The molecule has 0 radical (unpaired) electrons. The van der Waals surface area contributed by atoms with Crippen LogP contribution in [-0.2, 0) is 16.4 Å². The third kappa shape index (κ3) is 7.95. The molecule has 0 aliphatic carbocycles. The zero-order valence-electron chi connectivity index (χ0n) is 18.5. The Bertz CT molecular complexity index is 786. The van der Waals surface area contributed by atoms with E-state index in [-0.39, 0.29) is 0 Å². The van der Waals surface area contributed by atoms with E-state index >= 15 is 0 Å². The van der Waals surface area contributed by atoms with Gasteiger partial charge in [0.15, 0.2) is 15.8 Å². The predicted octanol–water partition coefficient (Wildman–Crippen LogP) is 1.34. The summed E-state index contributed by atoms with van der Waals surface area (Å²) in [6.07, 6.45) is 1.24. The Kier molecular flexibility index (Phi) is 8.92. The van der Waals surface area contributed by atoms with Gasteiger partial charge >= 0.3 is 0 Å². The average molecular weight is 424 g/mol. The first-order valence-electron chi connectivity index (χ1n) is 10.4. The normalized spacial score (nSPS) is 17.9. The van der Waals surface area contributed by atoms with Gasteiger partial charge in [0.2, 0.25) is 0 Å². The number of likely N-dealkylation sites (N-methyl/N-ethyl adjacent to an activating group) is 1. The second-order valence-electron chi connectivity index (χ2n) is 8.16. The number of nitrogens with one attached hydrogen (secondary N) is 2. The Labute approximate surface area is 176 Å². The van der Waals surface area contributed by atoms with Crippen molar-refractivity contribution in [2.24, 2.45) is 10.9 Å². The lowest BCUT2D eigenvalue weighted by molar-refractivity contribution is 0.139. The van der Waals surface area contributed by atoms with Gasteiger partial charge in [-0.05, 0) is 44.0 Å². The van der Waals surface area contributed by atoms with Gasteiger partial charge in [-0.3, -0.25) is 0 Å². The fourth-order valence-corrected chi connectivity index (χ4v) is 4.50. The van der Waals surface area contributed by atoms with Gasteiger partial charge in [0, 0.05) is 52.1 Å². The van der Waals surface area contributed by atoms with Gasteiger partial charge < -0.3 is 20.4 Å². The number of hydrogen-bond donors (Lipinski definition) is 2. The van der Waals surface area contributed by atoms with Crippen molar-refractivity contribution in [1.82, 2.24) is 20.4 Å². The summed E-state index contributed by atoms with van der Waals surface area (Å²) in [7, 11) is -1.01. The fraction of sp³-hybridized carbons (Fsp3) is 0.667. The minimum Gasteiger partial charge on any atom is -0.357 e. The van der Waals surface area contributed by atoms with E-state index in [4.69, 9.17) is 0 Å². The maximum Gasteiger partial charge on any atom is 0.191 e. The summed E-state index contributed by atoms with van der Waals surface area (Å²) < 4.78 is 23.5. The molecule has 2 rings (SSSR count). The summed E-state index contributed by atoms with van der Waals surface area (Å²) in [6.45, 7) is 14.0. The standard InChI is InChI=1S/C21H37N5O2S/c1-6-22-21(23-14-17(2)16-26-11-9-25(4)10-12-26)24-15-19-7-8-20(18(3)13-19)29(5,27)28/h7-8,13,17H,6,9-12,14-16H2,1-5H3,(H2,22,23,24). The molecule has 0 bridgehead atoms. The Hall–Kier alpha value is -1.64. The number of piperazine rings is 1. The van der Waals surface area contributed by atoms with Crippen molar-refractivity contribution in [2.45, 2.75) is 32.2 Å². The summed E-state index contributed by atoms with van der Waals surface area (Å²) in [6, 6.07) is 5.42. The highest BCUT2D eigenvalue weighted by Crippen LogP contribution is 2.17. The molecule has 1 aliphatic rings. The summed E-state index contributed by atoms with van der Waals surface area (Å²) >= 11 is 0. The van der Waals surface area contributed by atoms with Gasteiger partial charge in [0.25, 0.3) is 0 Å². The number of sulfone groups is 1. The monoisotopic (exact) mass is 423 g/mol. The lowest BCUT2D eigenvalue weighted by Crippen LogP contribution is -2.47. The van der Waals surface area contributed by atoms with E-state index in [1.165, 1.54) is 6.26 Å². The van der Waals surface area contributed by atoms with Gasteiger partial charge in [-0.2, -0.15) is 0 Å². The molecule has 1 heterocycles. The van der Waals surface area contributed by atoms with Crippen LogP contribution < -0.4 is 10.6 Å². The molecule has 0 aromatic heterocycles. The van der Waals surface area contributed by atoms with Crippen LogP contribution in [0.15, 0.2) is 28.1 Å². The molecule has 29 heavy (non-hydrogen) atoms. The largest absolute Gasteiger partial charge is 0.357 e. The molecule has 0 amide bonds. The molecule has 8 heteroatoms. The van der Waals surface area contributed by atoms with Crippen LogP contribution >= 0.6 is 0 Å². The third-order valence-electron chi connectivity index (χ3n) is 5.19. The first-order chi connectivity index (χ1) is 13.7. The highest BCUT2D eigenvalue weighted by atomic mass is 32.2. The van der Waals surface area contributed by atoms with E-state index in [0.29, 0.717) is 17.4 Å². The van der Waals surface area contributed by atoms with Crippen LogP contribution in [0.4, 0.5) is 0 Å². The quantitative estimate of drug-likeness (QED) is 0.485. The highest BCUT2D eigenvalue weighted by Gasteiger charge is 2.16. The van der Waals surface area contributed by atoms with E-state index in [2.05, 4.69) is 46.3 Å². The van der Waals surface area contributed by atoms with Gasteiger partial charge in [-0.25, -0.2) is 13.4 Å². The van der Waals surface area contributed by atoms with Crippen LogP contribution in [0.5, 0.6) is 0 Å². The van der Waals surface area contributed by atoms with E-state index in [1.54, 1.807) is 6.07 Å².